The van der Waals surface area contributed by atoms with Gasteiger partial charge in [-0.2, -0.15) is 0 Å². The van der Waals surface area contributed by atoms with E-state index in [0.717, 1.165) is 16.8 Å². The van der Waals surface area contributed by atoms with Crippen LogP contribution in [0.5, 0.6) is 0 Å². The second-order valence-electron chi connectivity index (χ2n) is 4.65. The number of carbonyl (C=O) groups is 1. The Morgan fingerprint density at radius 2 is 1.91 bits per heavy atom. The molecule has 0 fully saturated rings. The number of thiocarbonyl (C=S) groups is 1. The zero-order valence-corrected chi connectivity index (χ0v) is 13.5. The van der Waals surface area contributed by atoms with Gasteiger partial charge < -0.3 is 5.32 Å². The number of hydrogen-bond donors (Lipinski definition) is 2. The quantitative estimate of drug-likeness (QED) is 0.655. The Labute approximate surface area is 140 Å². The van der Waals surface area contributed by atoms with Crippen molar-refractivity contribution in [2.24, 2.45) is 0 Å². The Bertz CT molecular complexity index is 714. The van der Waals surface area contributed by atoms with Crippen molar-refractivity contribution >= 4 is 46.6 Å². The van der Waals surface area contributed by atoms with Crippen LogP contribution in [-0.4, -0.2) is 11.0 Å². The van der Waals surface area contributed by atoms with Crippen molar-refractivity contribution in [3.8, 4) is 0 Å². The smallest absolute Gasteiger partial charge is 0.250 e. The second-order valence-corrected chi connectivity index (χ2v) is 5.49. The van der Waals surface area contributed by atoms with Crippen molar-refractivity contribution < 1.29 is 4.79 Å². The van der Waals surface area contributed by atoms with Gasteiger partial charge in [-0.15, -0.1) is 0 Å². The summed E-state index contributed by atoms with van der Waals surface area (Å²) in [5, 5.41) is 6.39. The molecule has 0 spiro atoms. The number of carbonyl (C=O) groups excluding carboxylic acids is 1. The molecular formula is C17H15ClN2OS. The van der Waals surface area contributed by atoms with Crippen LogP contribution in [0.2, 0.25) is 5.02 Å². The molecule has 2 aromatic rings. The molecule has 112 valence electrons. The first-order chi connectivity index (χ1) is 10.5. The molecule has 5 heteroatoms. The number of nitrogens with one attached hydrogen (secondary N) is 2. The van der Waals surface area contributed by atoms with Crippen molar-refractivity contribution in [1.82, 2.24) is 5.32 Å². The Morgan fingerprint density at radius 3 is 2.64 bits per heavy atom. The van der Waals surface area contributed by atoms with E-state index in [0.29, 0.717) is 5.02 Å². The van der Waals surface area contributed by atoms with E-state index in [-0.39, 0.29) is 11.0 Å². The van der Waals surface area contributed by atoms with Gasteiger partial charge in [0.2, 0.25) is 5.91 Å². The fourth-order valence-electron chi connectivity index (χ4n) is 1.77. The van der Waals surface area contributed by atoms with Crippen LogP contribution >= 0.6 is 23.8 Å². The molecule has 2 rings (SSSR count). The molecule has 0 aromatic heterocycles. The molecule has 0 saturated heterocycles. The van der Waals surface area contributed by atoms with Crippen molar-refractivity contribution in [2.75, 3.05) is 5.32 Å². The highest BCUT2D eigenvalue weighted by Crippen LogP contribution is 2.19. The molecule has 0 saturated carbocycles. The highest BCUT2D eigenvalue weighted by Gasteiger charge is 2.04. The monoisotopic (exact) mass is 330 g/mol. The molecule has 1 amide bonds. The van der Waals surface area contributed by atoms with Gasteiger partial charge in [-0.25, -0.2) is 0 Å². The van der Waals surface area contributed by atoms with Crippen molar-refractivity contribution in [2.45, 2.75) is 6.92 Å². The molecule has 0 radical (unpaired) electrons. The van der Waals surface area contributed by atoms with Gasteiger partial charge >= 0.3 is 0 Å². The Hall–Kier alpha value is -2.17. The van der Waals surface area contributed by atoms with Gasteiger partial charge in [0.15, 0.2) is 5.11 Å². The molecular weight excluding hydrogens is 316 g/mol. The molecule has 0 aliphatic heterocycles. The molecule has 0 heterocycles. The summed E-state index contributed by atoms with van der Waals surface area (Å²) < 4.78 is 0. The number of halogens is 1. The van der Waals surface area contributed by atoms with Gasteiger partial charge in [-0.3, -0.25) is 10.1 Å². The summed E-state index contributed by atoms with van der Waals surface area (Å²) in [5.74, 6) is -0.291. The fourth-order valence-corrected chi connectivity index (χ4v) is 2.15. The topological polar surface area (TPSA) is 41.1 Å². The summed E-state index contributed by atoms with van der Waals surface area (Å²) >= 11 is 11.1. The van der Waals surface area contributed by atoms with Gasteiger partial charge in [-0.1, -0.05) is 48.0 Å². The van der Waals surface area contributed by atoms with Crippen molar-refractivity contribution in [3.63, 3.8) is 0 Å². The van der Waals surface area contributed by atoms with Gasteiger partial charge in [0.05, 0.1) is 0 Å². The summed E-state index contributed by atoms with van der Waals surface area (Å²) in [7, 11) is 0. The van der Waals surface area contributed by atoms with Crippen LogP contribution in [0.3, 0.4) is 0 Å². The van der Waals surface area contributed by atoms with E-state index in [2.05, 4.69) is 10.6 Å². The summed E-state index contributed by atoms with van der Waals surface area (Å²) in [4.78, 5) is 11.8. The minimum absolute atomic E-state index is 0.230. The number of aryl methyl sites for hydroxylation is 1. The standard InChI is InChI=1S/C17H15ClN2OS/c1-12-7-9-14(18)11-15(12)19-17(22)20-16(21)10-8-13-5-3-2-4-6-13/h2-11H,1H3,(H2,19,20,21,22). The third kappa shape index (κ3) is 4.98. The lowest BCUT2D eigenvalue weighted by atomic mass is 10.2. The average molecular weight is 331 g/mol. The van der Waals surface area contributed by atoms with E-state index in [1.807, 2.05) is 43.3 Å². The predicted molar refractivity (Wildman–Crippen MR) is 96.0 cm³/mol. The first-order valence-corrected chi connectivity index (χ1v) is 7.44. The lowest BCUT2D eigenvalue weighted by Gasteiger charge is -2.11. The van der Waals surface area contributed by atoms with Gasteiger partial charge in [0, 0.05) is 16.8 Å². The average Bonchev–Trinajstić information content (AvgIpc) is 2.50. The highest BCUT2D eigenvalue weighted by molar-refractivity contribution is 7.80. The number of hydrogen-bond acceptors (Lipinski definition) is 2. The first-order valence-electron chi connectivity index (χ1n) is 6.66. The molecule has 0 atom stereocenters. The predicted octanol–water partition coefficient (Wildman–Crippen LogP) is 4.17. The summed E-state index contributed by atoms with van der Waals surface area (Å²) in [5.41, 5.74) is 2.70. The third-order valence-corrected chi connectivity index (χ3v) is 3.35. The van der Waals surface area contributed by atoms with E-state index in [1.165, 1.54) is 6.08 Å². The molecule has 22 heavy (non-hydrogen) atoms. The zero-order chi connectivity index (χ0) is 15.9. The Balaban J connectivity index is 1.93. The zero-order valence-electron chi connectivity index (χ0n) is 12.0. The lowest BCUT2D eigenvalue weighted by molar-refractivity contribution is -0.115. The summed E-state index contributed by atoms with van der Waals surface area (Å²) in [6, 6.07) is 15.0. The van der Waals surface area contributed by atoms with Crippen LogP contribution in [0.4, 0.5) is 5.69 Å². The third-order valence-electron chi connectivity index (χ3n) is 2.91. The van der Waals surface area contributed by atoms with Crippen LogP contribution in [0.15, 0.2) is 54.6 Å². The normalized spacial score (nSPS) is 10.5. The molecule has 3 nitrogen and oxygen atoms in total. The largest absolute Gasteiger partial charge is 0.332 e. The van der Waals surface area contributed by atoms with Crippen LogP contribution < -0.4 is 10.6 Å². The number of benzene rings is 2. The Kier molecular flexibility index (Phi) is 5.69. The van der Waals surface area contributed by atoms with Crippen molar-refractivity contribution in [3.05, 3.63) is 70.8 Å². The van der Waals surface area contributed by atoms with Crippen molar-refractivity contribution in [1.29, 1.82) is 0 Å². The number of amides is 1. The maximum absolute atomic E-state index is 11.8. The molecule has 0 aliphatic rings. The minimum Gasteiger partial charge on any atom is -0.332 e. The maximum Gasteiger partial charge on any atom is 0.250 e. The van der Waals surface area contributed by atoms with Gasteiger partial charge in [0.25, 0.3) is 0 Å². The van der Waals surface area contributed by atoms with Crippen LogP contribution in [0.1, 0.15) is 11.1 Å². The molecule has 2 aromatic carbocycles. The minimum atomic E-state index is -0.291. The lowest BCUT2D eigenvalue weighted by Crippen LogP contribution is -2.33. The maximum atomic E-state index is 11.8. The van der Waals surface area contributed by atoms with E-state index in [4.69, 9.17) is 23.8 Å². The first kappa shape index (κ1) is 16.2. The molecule has 0 bridgehead atoms. The highest BCUT2D eigenvalue weighted by atomic mass is 35.5. The van der Waals surface area contributed by atoms with Crippen LogP contribution in [-0.2, 0) is 4.79 Å². The van der Waals surface area contributed by atoms with E-state index in [9.17, 15) is 4.79 Å². The van der Waals surface area contributed by atoms with E-state index in [1.54, 1.807) is 18.2 Å². The molecule has 0 unspecified atom stereocenters. The van der Waals surface area contributed by atoms with E-state index >= 15 is 0 Å². The van der Waals surface area contributed by atoms with Gasteiger partial charge in [0.1, 0.15) is 0 Å². The number of rotatable bonds is 3. The Morgan fingerprint density at radius 1 is 1.18 bits per heavy atom. The van der Waals surface area contributed by atoms with E-state index < -0.39 is 0 Å². The summed E-state index contributed by atoms with van der Waals surface area (Å²) in [6.45, 7) is 1.93. The number of anilines is 1. The SMILES string of the molecule is Cc1ccc(Cl)cc1NC(=S)NC(=O)C=Cc1ccccc1. The second kappa shape index (κ2) is 7.73. The van der Waals surface area contributed by atoms with Crippen LogP contribution in [0, 0.1) is 6.92 Å². The molecule has 2 N–H and O–H groups in total. The van der Waals surface area contributed by atoms with Gasteiger partial charge in [-0.05, 0) is 48.5 Å². The molecule has 0 aliphatic carbocycles. The summed E-state index contributed by atoms with van der Waals surface area (Å²) in [6.07, 6.45) is 3.16. The fraction of sp³-hybridized carbons (Fsp3) is 0.0588. The van der Waals surface area contributed by atoms with Crippen LogP contribution in [0.25, 0.3) is 6.08 Å².